The molecule has 0 amide bonds. The molecular weight excluding hydrogens is 269 g/mol. The van der Waals surface area contributed by atoms with Gasteiger partial charge in [-0.2, -0.15) is 0 Å². The highest BCUT2D eigenvalue weighted by Gasteiger charge is 2.30. The molecule has 4 atom stereocenters. The topological polar surface area (TPSA) is 30.5 Å². The Bertz CT molecular complexity index is 445. The molecule has 0 saturated carbocycles. The van der Waals surface area contributed by atoms with Crippen molar-refractivity contribution < 1.29 is 13.9 Å². The van der Waals surface area contributed by atoms with Crippen molar-refractivity contribution in [2.75, 3.05) is 26.4 Å². The highest BCUT2D eigenvalue weighted by atomic mass is 19.1. The van der Waals surface area contributed by atoms with E-state index >= 15 is 0 Å². The largest absolute Gasteiger partial charge is 0.381 e. The van der Waals surface area contributed by atoms with Crippen LogP contribution in [0.15, 0.2) is 24.3 Å². The maximum Gasteiger partial charge on any atom is 0.123 e. The fraction of sp³-hybridized carbons (Fsp3) is 0.647. The smallest absolute Gasteiger partial charge is 0.123 e. The second kappa shape index (κ2) is 6.86. The first-order valence-corrected chi connectivity index (χ1v) is 7.92. The molecule has 1 N–H and O–H groups in total. The zero-order valence-corrected chi connectivity index (χ0v) is 12.6. The van der Waals surface area contributed by atoms with E-state index in [4.69, 9.17) is 9.47 Å². The normalized spacial score (nSPS) is 30.7. The number of nitrogens with one attached hydrogen (secondary N) is 1. The summed E-state index contributed by atoms with van der Waals surface area (Å²) in [5.41, 5.74) is 1.08. The zero-order chi connectivity index (χ0) is 14.7. The Morgan fingerprint density at radius 2 is 2.05 bits per heavy atom. The van der Waals surface area contributed by atoms with Gasteiger partial charge in [0, 0.05) is 31.7 Å². The zero-order valence-electron chi connectivity index (χ0n) is 12.6. The van der Waals surface area contributed by atoms with Crippen LogP contribution >= 0.6 is 0 Å². The summed E-state index contributed by atoms with van der Waals surface area (Å²) in [6, 6.07) is 7.18. The van der Waals surface area contributed by atoms with Crippen LogP contribution in [0.3, 0.4) is 0 Å². The lowest BCUT2D eigenvalue weighted by Gasteiger charge is -2.24. The van der Waals surface area contributed by atoms with E-state index in [-0.39, 0.29) is 11.9 Å². The Morgan fingerprint density at radius 1 is 1.24 bits per heavy atom. The molecule has 2 aliphatic heterocycles. The van der Waals surface area contributed by atoms with Gasteiger partial charge >= 0.3 is 0 Å². The molecular formula is C17H24FNO2. The van der Waals surface area contributed by atoms with Crippen molar-refractivity contribution in [3.63, 3.8) is 0 Å². The highest BCUT2D eigenvalue weighted by molar-refractivity contribution is 5.20. The van der Waals surface area contributed by atoms with E-state index in [9.17, 15) is 4.39 Å². The van der Waals surface area contributed by atoms with E-state index < -0.39 is 0 Å². The van der Waals surface area contributed by atoms with Crippen LogP contribution in [0.4, 0.5) is 4.39 Å². The monoisotopic (exact) mass is 293 g/mol. The Morgan fingerprint density at radius 3 is 2.76 bits per heavy atom. The number of benzene rings is 1. The predicted molar refractivity (Wildman–Crippen MR) is 79.6 cm³/mol. The van der Waals surface area contributed by atoms with E-state index in [1.807, 2.05) is 12.1 Å². The molecule has 3 nitrogen and oxygen atoms in total. The summed E-state index contributed by atoms with van der Waals surface area (Å²) < 4.78 is 24.3. The van der Waals surface area contributed by atoms with Crippen LogP contribution in [0, 0.1) is 17.7 Å². The van der Waals surface area contributed by atoms with Gasteiger partial charge in [-0.25, -0.2) is 4.39 Å². The quantitative estimate of drug-likeness (QED) is 0.905. The van der Waals surface area contributed by atoms with Crippen molar-refractivity contribution in [1.82, 2.24) is 5.32 Å². The summed E-state index contributed by atoms with van der Waals surface area (Å²) in [7, 11) is 0. The van der Waals surface area contributed by atoms with Crippen molar-refractivity contribution in [2.45, 2.75) is 31.9 Å². The summed E-state index contributed by atoms with van der Waals surface area (Å²) in [5.74, 6) is 0.887. The van der Waals surface area contributed by atoms with Gasteiger partial charge in [-0.3, -0.25) is 0 Å². The summed E-state index contributed by atoms with van der Waals surface area (Å²) in [5, 5.41) is 3.64. The molecule has 2 heterocycles. The van der Waals surface area contributed by atoms with Gasteiger partial charge in [-0.15, -0.1) is 0 Å². The van der Waals surface area contributed by atoms with Gasteiger partial charge in [-0.05, 0) is 43.4 Å². The molecule has 0 unspecified atom stereocenters. The minimum atomic E-state index is -0.193. The van der Waals surface area contributed by atoms with E-state index in [1.165, 1.54) is 12.1 Å². The van der Waals surface area contributed by atoms with Crippen LogP contribution in [0.2, 0.25) is 0 Å². The van der Waals surface area contributed by atoms with E-state index in [2.05, 4.69) is 12.2 Å². The second-order valence-electron chi connectivity index (χ2n) is 6.21. The summed E-state index contributed by atoms with van der Waals surface area (Å²) in [6.45, 7) is 5.73. The number of hydrogen-bond acceptors (Lipinski definition) is 3. The fourth-order valence-electron chi connectivity index (χ4n) is 3.31. The van der Waals surface area contributed by atoms with Gasteiger partial charge < -0.3 is 14.8 Å². The third-order valence-corrected chi connectivity index (χ3v) is 4.79. The number of ether oxygens (including phenoxy) is 2. The molecule has 2 aliphatic rings. The van der Waals surface area contributed by atoms with Crippen LogP contribution in [-0.4, -0.2) is 32.4 Å². The molecule has 116 valence electrons. The minimum Gasteiger partial charge on any atom is -0.381 e. The molecule has 1 aromatic rings. The molecule has 0 aliphatic carbocycles. The van der Waals surface area contributed by atoms with E-state index in [0.29, 0.717) is 17.9 Å². The summed E-state index contributed by atoms with van der Waals surface area (Å²) in [4.78, 5) is 0. The third kappa shape index (κ3) is 3.62. The molecule has 3 rings (SSSR count). The Labute approximate surface area is 125 Å². The molecule has 0 radical (unpaired) electrons. The molecule has 0 aromatic heterocycles. The lowest BCUT2D eigenvalue weighted by molar-refractivity contribution is 0.0890. The maximum absolute atomic E-state index is 13.0. The molecule has 21 heavy (non-hydrogen) atoms. The highest BCUT2D eigenvalue weighted by Crippen LogP contribution is 2.34. The van der Waals surface area contributed by atoms with Crippen molar-refractivity contribution in [3.05, 3.63) is 35.6 Å². The van der Waals surface area contributed by atoms with Gasteiger partial charge in [0.25, 0.3) is 0 Å². The van der Waals surface area contributed by atoms with Crippen LogP contribution in [0.5, 0.6) is 0 Å². The molecule has 1 aromatic carbocycles. The van der Waals surface area contributed by atoms with E-state index in [0.717, 1.165) is 44.8 Å². The molecule has 0 bridgehead atoms. The Hall–Kier alpha value is -0.970. The SMILES string of the molecule is C[C@@H](NC[C@@H]1CCO[C@H]1c1ccc(F)cc1)[C@@H]1CCOC1. The molecule has 4 heteroatoms. The van der Waals surface area contributed by atoms with Gasteiger partial charge in [0.15, 0.2) is 0 Å². The summed E-state index contributed by atoms with van der Waals surface area (Å²) in [6.07, 6.45) is 2.30. The molecule has 2 saturated heterocycles. The molecule has 2 fully saturated rings. The van der Waals surface area contributed by atoms with Gasteiger partial charge in [0.05, 0.1) is 12.7 Å². The Balaban J connectivity index is 1.55. The maximum atomic E-state index is 13.0. The van der Waals surface area contributed by atoms with Crippen molar-refractivity contribution in [3.8, 4) is 0 Å². The van der Waals surface area contributed by atoms with Gasteiger partial charge in [0.1, 0.15) is 5.82 Å². The lowest BCUT2D eigenvalue weighted by Crippen LogP contribution is -2.37. The van der Waals surface area contributed by atoms with Crippen molar-refractivity contribution >= 4 is 0 Å². The number of rotatable bonds is 5. The predicted octanol–water partition coefficient (Wildman–Crippen LogP) is 2.92. The Kier molecular flexibility index (Phi) is 4.88. The molecule has 0 spiro atoms. The third-order valence-electron chi connectivity index (χ3n) is 4.79. The van der Waals surface area contributed by atoms with Crippen molar-refractivity contribution in [1.29, 1.82) is 0 Å². The first-order valence-electron chi connectivity index (χ1n) is 7.92. The van der Waals surface area contributed by atoms with E-state index in [1.54, 1.807) is 0 Å². The van der Waals surface area contributed by atoms with Crippen LogP contribution in [0.1, 0.15) is 31.4 Å². The first kappa shape index (κ1) is 14.9. The van der Waals surface area contributed by atoms with Crippen LogP contribution in [-0.2, 0) is 9.47 Å². The first-order chi connectivity index (χ1) is 10.2. The average Bonchev–Trinajstić information content (AvgIpc) is 3.17. The van der Waals surface area contributed by atoms with Crippen LogP contribution in [0.25, 0.3) is 0 Å². The second-order valence-corrected chi connectivity index (χ2v) is 6.21. The number of hydrogen-bond donors (Lipinski definition) is 1. The number of halogens is 1. The van der Waals surface area contributed by atoms with Gasteiger partial charge in [-0.1, -0.05) is 12.1 Å². The average molecular weight is 293 g/mol. The van der Waals surface area contributed by atoms with Crippen LogP contribution < -0.4 is 5.32 Å². The summed E-state index contributed by atoms with van der Waals surface area (Å²) >= 11 is 0. The lowest BCUT2D eigenvalue weighted by atomic mass is 9.94. The fourth-order valence-corrected chi connectivity index (χ4v) is 3.31. The standard InChI is InChI=1S/C17H24FNO2/c1-12(15-6-8-20-11-15)19-10-14-7-9-21-17(14)13-2-4-16(18)5-3-13/h2-5,12,14-15,17,19H,6-11H2,1H3/t12-,14+,15-,17+/m1/s1. The van der Waals surface area contributed by atoms with Gasteiger partial charge in [0.2, 0.25) is 0 Å². The minimum absolute atomic E-state index is 0.0881. The van der Waals surface area contributed by atoms with Crippen molar-refractivity contribution in [2.24, 2.45) is 11.8 Å².